The molecule has 0 spiro atoms. The predicted molar refractivity (Wildman–Crippen MR) is 87.1 cm³/mol. The molecule has 0 fully saturated rings. The molecule has 0 radical (unpaired) electrons. The zero-order valence-corrected chi connectivity index (χ0v) is 13.7. The number of benzene rings is 2. The topological polar surface area (TPSA) is 38.7 Å². The molecule has 1 N–H and O–H groups in total. The normalized spacial score (nSPS) is 13.2. The Morgan fingerprint density at radius 2 is 1.71 bits per heavy atom. The molecule has 110 valence electrons. The molecule has 0 saturated carbocycles. The summed E-state index contributed by atoms with van der Waals surface area (Å²) >= 11 is 5.34. The van der Waals surface area contributed by atoms with Crippen molar-refractivity contribution in [2.45, 2.75) is 17.3 Å². The van der Waals surface area contributed by atoms with Gasteiger partial charge >= 0.3 is 0 Å². The molecule has 21 heavy (non-hydrogen) atoms. The Morgan fingerprint density at radius 1 is 1.05 bits per heavy atom. The Labute approximate surface area is 136 Å². The van der Waals surface area contributed by atoms with Crippen LogP contribution in [0.25, 0.3) is 0 Å². The Balaban J connectivity index is 1.72. The predicted octanol–water partition coefficient (Wildman–Crippen LogP) is 4.00. The highest BCUT2D eigenvalue weighted by atomic mass is 79.9. The highest BCUT2D eigenvalue weighted by Crippen LogP contribution is 2.37. The minimum Gasteiger partial charge on any atom is -0.486 e. The van der Waals surface area contributed by atoms with E-state index in [0.29, 0.717) is 13.2 Å². The van der Waals surface area contributed by atoms with Crippen molar-refractivity contribution in [3.05, 3.63) is 52.0 Å². The molecule has 0 unspecified atom stereocenters. The van der Waals surface area contributed by atoms with Crippen molar-refractivity contribution in [3.63, 3.8) is 0 Å². The van der Waals surface area contributed by atoms with Crippen LogP contribution in [-0.4, -0.2) is 18.3 Å². The second-order valence-corrected chi connectivity index (χ2v) is 6.58. The van der Waals surface area contributed by atoms with Crippen molar-refractivity contribution in [2.24, 2.45) is 0 Å². The van der Waals surface area contributed by atoms with E-state index in [2.05, 4.69) is 15.9 Å². The molecular formula is C16H15BrO3S. The van der Waals surface area contributed by atoms with Crippen molar-refractivity contribution in [3.8, 4) is 11.5 Å². The maximum absolute atomic E-state index is 9.05. The molecular weight excluding hydrogens is 352 g/mol. The number of aliphatic hydroxyl groups is 1. The quantitative estimate of drug-likeness (QED) is 0.829. The number of hydrogen-bond acceptors (Lipinski definition) is 4. The number of ether oxygens (including phenoxy) is 2. The van der Waals surface area contributed by atoms with Crippen LogP contribution < -0.4 is 9.47 Å². The van der Waals surface area contributed by atoms with E-state index in [1.807, 2.05) is 36.4 Å². The summed E-state index contributed by atoms with van der Waals surface area (Å²) in [7, 11) is 0. The number of thioether (sulfide) groups is 1. The minimum atomic E-state index is 0.0820. The van der Waals surface area contributed by atoms with Gasteiger partial charge < -0.3 is 14.6 Å². The first-order valence-electron chi connectivity index (χ1n) is 6.67. The van der Waals surface area contributed by atoms with Gasteiger partial charge in [-0.05, 0) is 35.4 Å². The van der Waals surface area contributed by atoms with Gasteiger partial charge in [0.25, 0.3) is 0 Å². The van der Waals surface area contributed by atoms with Gasteiger partial charge in [0.1, 0.15) is 13.2 Å². The summed E-state index contributed by atoms with van der Waals surface area (Å²) in [6, 6.07) is 12.0. The largest absolute Gasteiger partial charge is 0.486 e. The fourth-order valence-electron chi connectivity index (χ4n) is 2.07. The highest BCUT2D eigenvalue weighted by Gasteiger charge is 2.14. The molecule has 1 aliphatic rings. The monoisotopic (exact) mass is 366 g/mol. The van der Waals surface area contributed by atoms with E-state index in [1.54, 1.807) is 11.8 Å². The standard InChI is InChI=1S/C16H15BrO3S/c17-14-8-16-15(19-5-6-20-16)7-12(14)10-21-13-3-1-11(9-18)2-4-13/h1-4,7-8,18H,5-6,9-10H2. The van der Waals surface area contributed by atoms with Crippen molar-refractivity contribution in [2.75, 3.05) is 13.2 Å². The molecule has 0 aliphatic carbocycles. The second-order valence-electron chi connectivity index (χ2n) is 4.68. The first kappa shape index (κ1) is 14.8. The van der Waals surface area contributed by atoms with Gasteiger partial charge in [0, 0.05) is 15.1 Å². The average molecular weight is 367 g/mol. The molecule has 5 heteroatoms. The molecule has 3 nitrogen and oxygen atoms in total. The van der Waals surface area contributed by atoms with Crippen LogP contribution in [-0.2, 0) is 12.4 Å². The second kappa shape index (κ2) is 6.73. The third-order valence-corrected chi connectivity index (χ3v) is 5.01. The Morgan fingerprint density at radius 3 is 2.38 bits per heavy atom. The first-order chi connectivity index (χ1) is 10.3. The van der Waals surface area contributed by atoms with Crippen LogP contribution in [0.15, 0.2) is 45.8 Å². The zero-order chi connectivity index (χ0) is 14.7. The third kappa shape index (κ3) is 3.54. The van der Waals surface area contributed by atoms with Gasteiger partial charge in [-0.25, -0.2) is 0 Å². The van der Waals surface area contributed by atoms with E-state index in [-0.39, 0.29) is 6.61 Å². The Hall–Kier alpha value is -1.17. The van der Waals surface area contributed by atoms with Gasteiger partial charge in [-0.2, -0.15) is 0 Å². The van der Waals surface area contributed by atoms with E-state index < -0.39 is 0 Å². The molecule has 0 aromatic heterocycles. The molecule has 1 aliphatic heterocycles. The van der Waals surface area contributed by atoms with Crippen LogP contribution in [0.3, 0.4) is 0 Å². The lowest BCUT2D eigenvalue weighted by atomic mass is 10.2. The SMILES string of the molecule is OCc1ccc(SCc2cc3c(cc2Br)OCCO3)cc1. The van der Waals surface area contributed by atoms with Gasteiger partial charge in [0.2, 0.25) is 0 Å². The summed E-state index contributed by atoms with van der Waals surface area (Å²) in [5.41, 5.74) is 2.11. The molecule has 0 saturated heterocycles. The van der Waals surface area contributed by atoms with Crippen LogP contribution in [0.5, 0.6) is 11.5 Å². The molecule has 1 heterocycles. The highest BCUT2D eigenvalue weighted by molar-refractivity contribution is 9.10. The Kier molecular flexibility index (Phi) is 4.73. The van der Waals surface area contributed by atoms with Gasteiger partial charge in [-0.15, -0.1) is 11.8 Å². The fourth-order valence-corrected chi connectivity index (χ4v) is 3.61. The molecule has 3 rings (SSSR count). The van der Waals surface area contributed by atoms with Gasteiger partial charge in [0.05, 0.1) is 6.61 Å². The van der Waals surface area contributed by atoms with Crippen LogP contribution in [0.2, 0.25) is 0 Å². The lowest BCUT2D eigenvalue weighted by Gasteiger charge is -2.19. The van der Waals surface area contributed by atoms with Gasteiger partial charge in [-0.1, -0.05) is 28.1 Å². The fraction of sp³-hybridized carbons (Fsp3) is 0.250. The number of fused-ring (bicyclic) bond motifs is 1. The summed E-state index contributed by atoms with van der Waals surface area (Å²) in [6.07, 6.45) is 0. The number of halogens is 1. The smallest absolute Gasteiger partial charge is 0.162 e. The molecule has 0 bridgehead atoms. The van der Waals surface area contributed by atoms with Crippen LogP contribution in [0, 0.1) is 0 Å². The molecule has 0 amide bonds. The van der Waals surface area contributed by atoms with Gasteiger partial charge in [0.15, 0.2) is 11.5 Å². The van der Waals surface area contributed by atoms with Crippen molar-refractivity contribution < 1.29 is 14.6 Å². The lowest BCUT2D eigenvalue weighted by molar-refractivity contribution is 0.171. The van der Waals surface area contributed by atoms with E-state index in [4.69, 9.17) is 14.6 Å². The van der Waals surface area contributed by atoms with E-state index in [9.17, 15) is 0 Å². The summed E-state index contributed by atoms with van der Waals surface area (Å²) in [6.45, 7) is 1.28. The summed E-state index contributed by atoms with van der Waals surface area (Å²) in [4.78, 5) is 1.17. The maximum atomic E-state index is 9.05. The van der Waals surface area contributed by atoms with Crippen LogP contribution in [0.1, 0.15) is 11.1 Å². The maximum Gasteiger partial charge on any atom is 0.162 e. The van der Waals surface area contributed by atoms with Crippen molar-refractivity contribution >= 4 is 27.7 Å². The third-order valence-electron chi connectivity index (χ3n) is 3.21. The molecule has 2 aromatic carbocycles. The first-order valence-corrected chi connectivity index (χ1v) is 8.45. The average Bonchev–Trinajstić information content (AvgIpc) is 2.53. The van der Waals surface area contributed by atoms with E-state index in [0.717, 1.165) is 27.3 Å². The minimum absolute atomic E-state index is 0.0820. The van der Waals surface area contributed by atoms with E-state index in [1.165, 1.54) is 10.5 Å². The van der Waals surface area contributed by atoms with Crippen LogP contribution >= 0.6 is 27.7 Å². The number of hydrogen-bond donors (Lipinski definition) is 1. The van der Waals surface area contributed by atoms with Crippen molar-refractivity contribution in [1.82, 2.24) is 0 Å². The van der Waals surface area contributed by atoms with E-state index >= 15 is 0 Å². The summed E-state index contributed by atoms with van der Waals surface area (Å²) < 4.78 is 12.2. The lowest BCUT2D eigenvalue weighted by Crippen LogP contribution is -2.15. The molecule has 2 aromatic rings. The molecule has 0 atom stereocenters. The zero-order valence-electron chi connectivity index (χ0n) is 11.3. The van der Waals surface area contributed by atoms with Crippen molar-refractivity contribution in [1.29, 1.82) is 0 Å². The summed E-state index contributed by atoms with van der Waals surface area (Å²) in [5.74, 6) is 2.46. The number of aliphatic hydroxyl groups excluding tert-OH is 1. The van der Waals surface area contributed by atoms with Gasteiger partial charge in [-0.3, -0.25) is 0 Å². The summed E-state index contributed by atoms with van der Waals surface area (Å²) in [5, 5.41) is 9.05. The Bertz CT molecular complexity index is 628. The van der Waals surface area contributed by atoms with Crippen LogP contribution in [0.4, 0.5) is 0 Å². The number of rotatable bonds is 4.